The number of carbonyl (C=O) groups is 2. The largest absolute Gasteiger partial charge is 0.494 e. The van der Waals surface area contributed by atoms with Crippen LogP contribution >= 0.6 is 0 Å². The minimum absolute atomic E-state index is 0.131. The number of nitro groups is 1. The molecule has 2 amide bonds. The molecule has 0 aromatic heterocycles. The summed E-state index contributed by atoms with van der Waals surface area (Å²) in [4.78, 5) is 36.0. The highest BCUT2D eigenvalue weighted by Crippen LogP contribution is 2.14. The second-order valence-electron chi connectivity index (χ2n) is 5.82. The highest BCUT2D eigenvalue weighted by molar-refractivity contribution is 5.96. The summed E-state index contributed by atoms with van der Waals surface area (Å²) in [5, 5.41) is 13.3. The fourth-order valence-electron chi connectivity index (χ4n) is 2.37. The van der Waals surface area contributed by atoms with Crippen molar-refractivity contribution in [1.29, 1.82) is 0 Å². The smallest absolute Gasteiger partial charge is 0.270 e. The van der Waals surface area contributed by atoms with E-state index in [0.717, 1.165) is 11.3 Å². The number of non-ortho nitro benzene ring substituents is 1. The number of amides is 2. The molecule has 0 unspecified atom stereocenters. The van der Waals surface area contributed by atoms with Crippen LogP contribution in [0.4, 0.5) is 5.69 Å². The van der Waals surface area contributed by atoms with E-state index in [-0.39, 0.29) is 23.7 Å². The first-order valence-corrected chi connectivity index (χ1v) is 8.39. The molecule has 27 heavy (non-hydrogen) atoms. The third kappa shape index (κ3) is 5.81. The van der Waals surface area contributed by atoms with Crippen LogP contribution in [-0.2, 0) is 11.3 Å². The van der Waals surface area contributed by atoms with E-state index in [1.807, 2.05) is 31.2 Å². The molecule has 0 heterocycles. The SMILES string of the molecule is CCOc1ccc(CN(C)C(=O)CNC(=O)c2cccc([N+](=O)[O-])c2)cc1. The number of benzene rings is 2. The number of hydrogen-bond donors (Lipinski definition) is 1. The van der Waals surface area contributed by atoms with Gasteiger partial charge in [0.2, 0.25) is 5.91 Å². The lowest BCUT2D eigenvalue weighted by Gasteiger charge is -2.18. The predicted molar refractivity (Wildman–Crippen MR) is 99.5 cm³/mol. The molecule has 0 spiro atoms. The van der Waals surface area contributed by atoms with Crippen LogP contribution in [0.3, 0.4) is 0 Å². The lowest BCUT2D eigenvalue weighted by Crippen LogP contribution is -2.37. The molecule has 0 aliphatic carbocycles. The minimum atomic E-state index is -0.577. The Labute approximate surface area is 156 Å². The van der Waals surface area contributed by atoms with E-state index in [4.69, 9.17) is 4.74 Å². The lowest BCUT2D eigenvalue weighted by atomic mass is 10.2. The number of ether oxygens (including phenoxy) is 1. The Morgan fingerprint density at radius 1 is 1.19 bits per heavy atom. The molecule has 0 radical (unpaired) electrons. The van der Waals surface area contributed by atoms with E-state index in [1.165, 1.54) is 29.2 Å². The van der Waals surface area contributed by atoms with Crippen molar-refractivity contribution in [2.75, 3.05) is 20.2 Å². The standard InChI is InChI=1S/C19H21N3O5/c1-3-27-17-9-7-14(8-10-17)13-21(2)18(23)12-20-19(24)15-5-4-6-16(11-15)22(25)26/h4-11H,3,12-13H2,1-2H3,(H,20,24). The van der Waals surface area contributed by atoms with Gasteiger partial charge in [-0.15, -0.1) is 0 Å². The van der Waals surface area contributed by atoms with Gasteiger partial charge in [-0.1, -0.05) is 18.2 Å². The predicted octanol–water partition coefficient (Wildman–Crippen LogP) is 2.38. The molecule has 0 atom stereocenters. The van der Waals surface area contributed by atoms with Gasteiger partial charge in [-0.25, -0.2) is 0 Å². The summed E-state index contributed by atoms with van der Waals surface area (Å²) in [6.07, 6.45) is 0. The van der Waals surface area contributed by atoms with E-state index >= 15 is 0 Å². The van der Waals surface area contributed by atoms with Crippen molar-refractivity contribution in [3.8, 4) is 5.75 Å². The van der Waals surface area contributed by atoms with Gasteiger partial charge in [0.25, 0.3) is 11.6 Å². The van der Waals surface area contributed by atoms with Gasteiger partial charge < -0.3 is 15.0 Å². The third-order valence-electron chi connectivity index (χ3n) is 3.80. The second-order valence-corrected chi connectivity index (χ2v) is 5.82. The Morgan fingerprint density at radius 2 is 1.89 bits per heavy atom. The molecule has 1 N–H and O–H groups in total. The molecule has 8 nitrogen and oxygen atoms in total. The van der Waals surface area contributed by atoms with Gasteiger partial charge in [0.1, 0.15) is 5.75 Å². The number of nitro benzene ring substituents is 1. The van der Waals surface area contributed by atoms with Gasteiger partial charge in [-0.3, -0.25) is 19.7 Å². The molecular formula is C19H21N3O5. The first kappa shape index (κ1) is 19.9. The van der Waals surface area contributed by atoms with E-state index in [9.17, 15) is 19.7 Å². The zero-order valence-electron chi connectivity index (χ0n) is 15.2. The van der Waals surface area contributed by atoms with E-state index in [0.29, 0.717) is 13.2 Å². The van der Waals surface area contributed by atoms with Gasteiger partial charge >= 0.3 is 0 Å². The van der Waals surface area contributed by atoms with Crippen molar-refractivity contribution in [2.24, 2.45) is 0 Å². The topological polar surface area (TPSA) is 102 Å². The van der Waals surface area contributed by atoms with Crippen LogP contribution in [0.2, 0.25) is 0 Å². The Hall–Kier alpha value is -3.42. The number of likely N-dealkylation sites (N-methyl/N-ethyl adjacent to an activating group) is 1. The molecule has 0 saturated carbocycles. The zero-order chi connectivity index (χ0) is 19.8. The number of hydrogen-bond acceptors (Lipinski definition) is 5. The molecule has 2 rings (SSSR count). The summed E-state index contributed by atoms with van der Waals surface area (Å²) < 4.78 is 5.37. The average Bonchev–Trinajstić information content (AvgIpc) is 2.67. The average molecular weight is 371 g/mol. The third-order valence-corrected chi connectivity index (χ3v) is 3.80. The molecule has 0 fully saturated rings. The number of nitrogens with one attached hydrogen (secondary N) is 1. The first-order valence-electron chi connectivity index (χ1n) is 8.39. The Morgan fingerprint density at radius 3 is 2.52 bits per heavy atom. The van der Waals surface area contributed by atoms with Crippen molar-refractivity contribution in [2.45, 2.75) is 13.5 Å². The Kier molecular flexibility index (Phi) is 6.87. The van der Waals surface area contributed by atoms with Gasteiger partial charge in [0.05, 0.1) is 18.1 Å². The maximum absolute atomic E-state index is 12.2. The van der Waals surface area contributed by atoms with Crippen molar-refractivity contribution in [3.63, 3.8) is 0 Å². The normalized spacial score (nSPS) is 10.1. The van der Waals surface area contributed by atoms with Crippen LogP contribution < -0.4 is 10.1 Å². The van der Waals surface area contributed by atoms with Crippen LogP contribution in [-0.4, -0.2) is 41.8 Å². The summed E-state index contributed by atoms with van der Waals surface area (Å²) in [6.45, 7) is 2.68. The second kappa shape index (κ2) is 9.33. The minimum Gasteiger partial charge on any atom is -0.494 e. The Bertz CT molecular complexity index is 820. The highest BCUT2D eigenvalue weighted by Gasteiger charge is 2.14. The summed E-state index contributed by atoms with van der Waals surface area (Å²) in [6, 6.07) is 12.8. The first-order chi connectivity index (χ1) is 12.9. The molecule has 2 aromatic carbocycles. The number of nitrogens with zero attached hydrogens (tertiary/aromatic N) is 2. The fourth-order valence-corrected chi connectivity index (χ4v) is 2.37. The van der Waals surface area contributed by atoms with Crippen LogP contribution in [0, 0.1) is 10.1 Å². The van der Waals surface area contributed by atoms with Gasteiger partial charge in [0.15, 0.2) is 0 Å². The van der Waals surface area contributed by atoms with Crippen LogP contribution in [0.1, 0.15) is 22.8 Å². The Balaban J connectivity index is 1.87. The molecule has 2 aromatic rings. The van der Waals surface area contributed by atoms with Crippen LogP contribution in [0.5, 0.6) is 5.75 Å². The summed E-state index contributed by atoms with van der Waals surface area (Å²) in [7, 11) is 1.64. The molecular weight excluding hydrogens is 350 g/mol. The lowest BCUT2D eigenvalue weighted by molar-refractivity contribution is -0.384. The molecule has 142 valence electrons. The molecule has 8 heteroatoms. The fraction of sp³-hybridized carbons (Fsp3) is 0.263. The number of carbonyl (C=O) groups excluding carboxylic acids is 2. The molecule has 0 aliphatic heterocycles. The monoisotopic (exact) mass is 371 g/mol. The summed E-state index contributed by atoms with van der Waals surface area (Å²) in [5.41, 5.74) is 0.882. The van der Waals surface area contributed by atoms with E-state index < -0.39 is 10.8 Å². The van der Waals surface area contributed by atoms with Gasteiger partial charge in [0, 0.05) is 31.3 Å². The van der Waals surface area contributed by atoms with Crippen molar-refractivity contribution in [1.82, 2.24) is 10.2 Å². The summed E-state index contributed by atoms with van der Waals surface area (Å²) in [5.74, 6) is -0.0522. The molecule has 0 aliphatic rings. The van der Waals surface area contributed by atoms with Crippen molar-refractivity contribution in [3.05, 3.63) is 69.8 Å². The van der Waals surface area contributed by atoms with Crippen LogP contribution in [0.25, 0.3) is 0 Å². The maximum Gasteiger partial charge on any atom is 0.270 e. The maximum atomic E-state index is 12.2. The zero-order valence-corrected chi connectivity index (χ0v) is 15.2. The van der Waals surface area contributed by atoms with Crippen molar-refractivity contribution >= 4 is 17.5 Å². The van der Waals surface area contributed by atoms with Gasteiger partial charge in [-0.2, -0.15) is 0 Å². The quantitative estimate of drug-likeness (QED) is 0.567. The summed E-state index contributed by atoms with van der Waals surface area (Å²) >= 11 is 0. The molecule has 0 bridgehead atoms. The van der Waals surface area contributed by atoms with E-state index in [1.54, 1.807) is 7.05 Å². The molecule has 0 saturated heterocycles. The van der Waals surface area contributed by atoms with Crippen LogP contribution in [0.15, 0.2) is 48.5 Å². The number of rotatable bonds is 8. The highest BCUT2D eigenvalue weighted by atomic mass is 16.6. The van der Waals surface area contributed by atoms with Gasteiger partial charge in [-0.05, 0) is 30.7 Å². The van der Waals surface area contributed by atoms with E-state index in [2.05, 4.69) is 5.32 Å². The van der Waals surface area contributed by atoms with Crippen molar-refractivity contribution < 1.29 is 19.2 Å².